The second-order valence-electron chi connectivity index (χ2n) is 4.57. The van der Waals surface area contributed by atoms with E-state index in [2.05, 4.69) is 5.32 Å². The van der Waals surface area contributed by atoms with E-state index in [-0.39, 0.29) is 22.6 Å². The molecule has 1 amide bonds. The predicted octanol–water partition coefficient (Wildman–Crippen LogP) is 3.64. The normalized spacial score (nSPS) is 10.9. The van der Waals surface area contributed by atoms with Gasteiger partial charge in [-0.05, 0) is 32.9 Å². The fourth-order valence-corrected chi connectivity index (χ4v) is 1.37. The van der Waals surface area contributed by atoms with Crippen LogP contribution in [0.25, 0.3) is 0 Å². The number of carbonyl (C=O) groups excluding carboxylic acids is 2. The summed E-state index contributed by atoms with van der Waals surface area (Å²) in [5.74, 6) is -0.875. The predicted molar refractivity (Wildman–Crippen MR) is 66.7 cm³/mol. The van der Waals surface area contributed by atoms with Crippen LogP contribution in [0.15, 0.2) is 12.1 Å². The molecule has 0 heterocycles. The number of anilines is 1. The Morgan fingerprint density at radius 1 is 1.44 bits per heavy atom. The fourth-order valence-electron chi connectivity index (χ4n) is 1.20. The van der Waals surface area contributed by atoms with E-state index in [0.717, 1.165) is 0 Å². The smallest absolute Gasteiger partial charge is 0.412 e. The number of rotatable bonds is 2. The number of halogens is 2. The molecule has 1 N–H and O–H groups in total. The molecule has 0 aliphatic heterocycles. The molecule has 0 atom stereocenters. The molecule has 0 aromatic heterocycles. The first-order valence-electron chi connectivity index (χ1n) is 5.18. The van der Waals surface area contributed by atoms with E-state index in [0.29, 0.717) is 0 Å². The third-order valence-corrected chi connectivity index (χ3v) is 2.18. The molecule has 0 saturated carbocycles. The maximum atomic E-state index is 13.5. The lowest BCUT2D eigenvalue weighted by Crippen LogP contribution is -2.27. The van der Waals surface area contributed by atoms with E-state index < -0.39 is 17.5 Å². The first-order valence-corrected chi connectivity index (χ1v) is 5.55. The highest BCUT2D eigenvalue weighted by Gasteiger charge is 2.19. The Bertz CT molecular complexity index is 483. The Morgan fingerprint density at radius 2 is 2.06 bits per heavy atom. The molecular formula is C12H13ClFNO3. The summed E-state index contributed by atoms with van der Waals surface area (Å²) in [5, 5.41) is 2.11. The molecule has 0 saturated heterocycles. The lowest BCUT2D eigenvalue weighted by molar-refractivity contribution is 0.0636. The van der Waals surface area contributed by atoms with Gasteiger partial charge in [0.25, 0.3) is 0 Å². The summed E-state index contributed by atoms with van der Waals surface area (Å²) in [5.41, 5.74) is -0.981. The van der Waals surface area contributed by atoms with Crippen LogP contribution in [0, 0.1) is 5.82 Å². The molecule has 0 bridgehead atoms. The number of carbonyl (C=O) groups is 2. The van der Waals surface area contributed by atoms with Crippen LogP contribution >= 0.6 is 11.6 Å². The van der Waals surface area contributed by atoms with Gasteiger partial charge in [-0.2, -0.15) is 0 Å². The molecule has 0 fully saturated rings. The molecule has 0 aliphatic rings. The zero-order valence-corrected chi connectivity index (χ0v) is 11.0. The minimum atomic E-state index is -0.875. The third kappa shape index (κ3) is 3.70. The van der Waals surface area contributed by atoms with E-state index in [1.807, 2.05) is 0 Å². The van der Waals surface area contributed by atoms with Gasteiger partial charge in [0, 0.05) is 0 Å². The van der Waals surface area contributed by atoms with Crippen molar-refractivity contribution >= 4 is 29.7 Å². The van der Waals surface area contributed by atoms with Crippen molar-refractivity contribution in [2.75, 3.05) is 5.32 Å². The average Bonchev–Trinajstić information content (AvgIpc) is 2.21. The summed E-state index contributed by atoms with van der Waals surface area (Å²) in [6.45, 7) is 5.07. The van der Waals surface area contributed by atoms with E-state index in [9.17, 15) is 14.0 Å². The first-order chi connectivity index (χ1) is 8.24. The molecule has 0 unspecified atom stereocenters. The standard InChI is InChI=1S/C12H13ClFNO3/c1-12(2,3)18-11(17)15-9-5-4-8(13)10(14)7(9)6-16/h4-6H,1-3H3,(H,15,17). The molecule has 18 heavy (non-hydrogen) atoms. The zero-order chi connectivity index (χ0) is 13.9. The number of nitrogens with one attached hydrogen (secondary N) is 1. The van der Waals surface area contributed by atoms with Gasteiger partial charge in [-0.1, -0.05) is 11.6 Å². The lowest BCUT2D eigenvalue weighted by atomic mass is 10.2. The third-order valence-electron chi connectivity index (χ3n) is 1.89. The van der Waals surface area contributed by atoms with Crippen molar-refractivity contribution in [2.45, 2.75) is 26.4 Å². The van der Waals surface area contributed by atoms with Gasteiger partial charge in [0.05, 0.1) is 16.3 Å². The highest BCUT2D eigenvalue weighted by molar-refractivity contribution is 6.31. The van der Waals surface area contributed by atoms with Gasteiger partial charge in [-0.15, -0.1) is 0 Å². The Morgan fingerprint density at radius 3 is 2.56 bits per heavy atom. The summed E-state index contributed by atoms with van der Waals surface area (Å²) in [6.07, 6.45) is -0.485. The first kappa shape index (κ1) is 14.4. The number of amides is 1. The van der Waals surface area contributed by atoms with Gasteiger partial charge >= 0.3 is 6.09 Å². The van der Waals surface area contributed by atoms with Crippen molar-refractivity contribution in [3.63, 3.8) is 0 Å². The Kier molecular flexibility index (Phi) is 4.29. The van der Waals surface area contributed by atoms with Crippen molar-refractivity contribution in [2.24, 2.45) is 0 Å². The molecule has 1 aromatic rings. The van der Waals surface area contributed by atoms with E-state index in [1.54, 1.807) is 20.8 Å². The number of aldehydes is 1. The molecule has 0 radical (unpaired) electrons. The maximum Gasteiger partial charge on any atom is 0.412 e. The van der Waals surface area contributed by atoms with Crippen LogP contribution in [0.4, 0.5) is 14.9 Å². The topological polar surface area (TPSA) is 55.4 Å². The Labute approximate surface area is 109 Å². The van der Waals surface area contributed by atoms with Gasteiger partial charge < -0.3 is 4.74 Å². The van der Waals surface area contributed by atoms with E-state index in [1.165, 1.54) is 12.1 Å². The van der Waals surface area contributed by atoms with Gasteiger partial charge in [0.2, 0.25) is 0 Å². The van der Waals surface area contributed by atoms with Crippen LogP contribution in [0.5, 0.6) is 0 Å². The molecule has 0 aliphatic carbocycles. The zero-order valence-electron chi connectivity index (χ0n) is 10.2. The maximum absolute atomic E-state index is 13.5. The molecule has 0 spiro atoms. The number of ether oxygens (including phenoxy) is 1. The quantitative estimate of drug-likeness (QED) is 0.837. The minimum Gasteiger partial charge on any atom is -0.444 e. The van der Waals surface area contributed by atoms with Crippen molar-refractivity contribution < 1.29 is 18.7 Å². The Balaban J connectivity index is 2.95. The van der Waals surface area contributed by atoms with Gasteiger partial charge in [0.1, 0.15) is 5.60 Å². The largest absolute Gasteiger partial charge is 0.444 e. The van der Waals surface area contributed by atoms with E-state index >= 15 is 0 Å². The minimum absolute atomic E-state index is 0.0150. The average molecular weight is 274 g/mol. The van der Waals surface area contributed by atoms with Crippen LogP contribution < -0.4 is 5.32 Å². The summed E-state index contributed by atoms with van der Waals surface area (Å²) in [6, 6.07) is 2.58. The monoisotopic (exact) mass is 273 g/mol. The summed E-state index contributed by atoms with van der Waals surface area (Å²) < 4.78 is 18.5. The lowest BCUT2D eigenvalue weighted by Gasteiger charge is -2.20. The van der Waals surface area contributed by atoms with Gasteiger partial charge in [0.15, 0.2) is 12.1 Å². The van der Waals surface area contributed by atoms with E-state index in [4.69, 9.17) is 16.3 Å². The fraction of sp³-hybridized carbons (Fsp3) is 0.333. The van der Waals surface area contributed by atoms with Crippen molar-refractivity contribution in [1.29, 1.82) is 0 Å². The summed E-state index contributed by atoms with van der Waals surface area (Å²) in [7, 11) is 0. The second-order valence-corrected chi connectivity index (χ2v) is 4.97. The summed E-state index contributed by atoms with van der Waals surface area (Å²) in [4.78, 5) is 22.3. The van der Waals surface area contributed by atoms with Crippen LogP contribution in [0.1, 0.15) is 31.1 Å². The molecule has 1 rings (SSSR count). The summed E-state index contributed by atoms with van der Waals surface area (Å²) >= 11 is 5.53. The van der Waals surface area contributed by atoms with Crippen LogP contribution in [0.3, 0.4) is 0 Å². The van der Waals surface area contributed by atoms with Crippen LogP contribution in [-0.4, -0.2) is 18.0 Å². The molecular weight excluding hydrogens is 261 g/mol. The SMILES string of the molecule is CC(C)(C)OC(=O)Nc1ccc(Cl)c(F)c1C=O. The van der Waals surface area contributed by atoms with Crippen molar-refractivity contribution in [3.05, 3.63) is 28.5 Å². The molecule has 6 heteroatoms. The Hall–Kier alpha value is -1.62. The van der Waals surface area contributed by atoms with Crippen molar-refractivity contribution in [1.82, 2.24) is 0 Å². The van der Waals surface area contributed by atoms with Crippen LogP contribution in [-0.2, 0) is 4.74 Å². The number of hydrogen-bond donors (Lipinski definition) is 1. The number of benzene rings is 1. The van der Waals surface area contributed by atoms with Crippen LogP contribution in [0.2, 0.25) is 5.02 Å². The van der Waals surface area contributed by atoms with Crippen molar-refractivity contribution in [3.8, 4) is 0 Å². The highest BCUT2D eigenvalue weighted by Crippen LogP contribution is 2.24. The van der Waals surface area contributed by atoms with Gasteiger partial charge in [-0.3, -0.25) is 10.1 Å². The molecule has 1 aromatic carbocycles. The molecule has 98 valence electrons. The second kappa shape index (κ2) is 5.35. The number of hydrogen-bond acceptors (Lipinski definition) is 3. The molecule has 4 nitrogen and oxygen atoms in total. The van der Waals surface area contributed by atoms with Gasteiger partial charge in [-0.25, -0.2) is 9.18 Å². The highest BCUT2D eigenvalue weighted by atomic mass is 35.5.